The van der Waals surface area contributed by atoms with Crippen molar-refractivity contribution in [3.05, 3.63) is 0 Å². The topological polar surface area (TPSA) is 64.6 Å². The number of nitrogens with zero attached hydrogens (tertiary/aromatic N) is 1. The van der Waals surface area contributed by atoms with E-state index in [1.807, 2.05) is 6.92 Å². The van der Waals surface area contributed by atoms with Gasteiger partial charge in [0.25, 0.3) is 0 Å². The van der Waals surface area contributed by atoms with Gasteiger partial charge in [0.05, 0.1) is 12.1 Å². The number of amides is 2. The summed E-state index contributed by atoms with van der Waals surface area (Å²) in [5, 5.41) is 15.3. The van der Waals surface area contributed by atoms with Crippen molar-refractivity contribution in [1.82, 2.24) is 15.5 Å². The molecular weight excluding hydrogens is 266 g/mol. The van der Waals surface area contributed by atoms with Crippen molar-refractivity contribution in [3.63, 3.8) is 0 Å². The van der Waals surface area contributed by atoms with Crippen molar-refractivity contribution >= 4 is 6.03 Å². The maximum Gasteiger partial charge on any atom is 0.315 e. The lowest BCUT2D eigenvalue weighted by Gasteiger charge is -2.30. The Morgan fingerprint density at radius 2 is 2.19 bits per heavy atom. The molecule has 0 aromatic rings. The quantitative estimate of drug-likeness (QED) is 0.642. The van der Waals surface area contributed by atoms with E-state index in [2.05, 4.69) is 36.3 Å². The maximum atomic E-state index is 12.0. The molecule has 0 saturated carbocycles. The average molecular weight is 299 g/mol. The van der Waals surface area contributed by atoms with Gasteiger partial charge in [-0.1, -0.05) is 27.2 Å². The van der Waals surface area contributed by atoms with Crippen LogP contribution in [0.1, 0.15) is 53.4 Å². The number of aliphatic hydroxyl groups excluding tert-OH is 1. The third-order valence-corrected chi connectivity index (χ3v) is 4.16. The van der Waals surface area contributed by atoms with E-state index in [1.54, 1.807) is 0 Å². The predicted octanol–water partition coefficient (Wildman–Crippen LogP) is 1.96. The zero-order valence-electron chi connectivity index (χ0n) is 14.1. The third-order valence-electron chi connectivity index (χ3n) is 4.16. The zero-order valence-corrected chi connectivity index (χ0v) is 14.1. The fourth-order valence-corrected chi connectivity index (χ4v) is 3.10. The zero-order chi connectivity index (χ0) is 15.9. The summed E-state index contributed by atoms with van der Waals surface area (Å²) in [6.45, 7) is 11.3. The second-order valence-corrected chi connectivity index (χ2v) is 6.99. The second-order valence-electron chi connectivity index (χ2n) is 6.99. The first-order valence-corrected chi connectivity index (χ1v) is 8.31. The molecule has 0 bridgehead atoms. The van der Waals surface area contributed by atoms with Gasteiger partial charge in [-0.25, -0.2) is 4.79 Å². The molecule has 0 aromatic carbocycles. The summed E-state index contributed by atoms with van der Waals surface area (Å²) in [6, 6.07) is 0.279. The lowest BCUT2D eigenvalue weighted by atomic mass is 9.98. The van der Waals surface area contributed by atoms with Crippen molar-refractivity contribution < 1.29 is 9.90 Å². The highest BCUT2D eigenvalue weighted by atomic mass is 16.3. The Labute approximate surface area is 129 Å². The Kier molecular flexibility index (Phi) is 7.46. The monoisotopic (exact) mass is 299 g/mol. The van der Waals surface area contributed by atoms with Crippen LogP contribution in [0.25, 0.3) is 0 Å². The van der Waals surface area contributed by atoms with Crippen LogP contribution in [0.4, 0.5) is 4.79 Å². The minimum atomic E-state index is -0.522. The summed E-state index contributed by atoms with van der Waals surface area (Å²) < 4.78 is 0. The summed E-state index contributed by atoms with van der Waals surface area (Å²) in [5.74, 6) is 0.654. The molecule has 1 unspecified atom stereocenters. The molecule has 1 aliphatic rings. The van der Waals surface area contributed by atoms with Crippen molar-refractivity contribution in [2.24, 2.45) is 5.92 Å². The first-order chi connectivity index (χ1) is 9.90. The van der Waals surface area contributed by atoms with E-state index in [0.29, 0.717) is 18.5 Å². The van der Waals surface area contributed by atoms with E-state index in [1.165, 1.54) is 6.42 Å². The second kappa shape index (κ2) is 8.59. The molecule has 3 N–H and O–H groups in total. The molecule has 1 fully saturated rings. The molecule has 0 radical (unpaired) electrons. The Morgan fingerprint density at radius 3 is 2.76 bits per heavy atom. The van der Waals surface area contributed by atoms with E-state index in [0.717, 1.165) is 32.4 Å². The number of likely N-dealkylation sites (tertiary alicyclic amines) is 1. The van der Waals surface area contributed by atoms with Gasteiger partial charge in [0, 0.05) is 19.1 Å². The number of hydrogen-bond acceptors (Lipinski definition) is 3. The lowest BCUT2D eigenvalue weighted by molar-refractivity contribution is 0.161. The molecule has 21 heavy (non-hydrogen) atoms. The molecule has 5 nitrogen and oxygen atoms in total. The first kappa shape index (κ1) is 18.2. The minimum Gasteiger partial charge on any atom is -0.394 e. The highest BCUT2D eigenvalue weighted by Crippen LogP contribution is 2.18. The lowest BCUT2D eigenvalue weighted by Crippen LogP contribution is -2.54. The minimum absolute atomic E-state index is 0.0306. The van der Waals surface area contributed by atoms with Gasteiger partial charge in [0.15, 0.2) is 0 Å². The van der Waals surface area contributed by atoms with Crippen molar-refractivity contribution in [3.8, 4) is 0 Å². The fraction of sp³-hybridized carbons (Fsp3) is 0.938. The molecule has 1 aliphatic heterocycles. The number of carbonyl (C=O) groups is 1. The van der Waals surface area contributed by atoms with Gasteiger partial charge in [-0.15, -0.1) is 0 Å². The van der Waals surface area contributed by atoms with E-state index in [-0.39, 0.29) is 12.6 Å². The predicted molar refractivity (Wildman–Crippen MR) is 86.4 cm³/mol. The molecule has 0 aliphatic carbocycles. The molecule has 2 amide bonds. The Balaban J connectivity index is 2.38. The summed E-state index contributed by atoms with van der Waals surface area (Å²) in [4.78, 5) is 14.5. The van der Waals surface area contributed by atoms with Gasteiger partial charge in [0.1, 0.15) is 0 Å². The van der Waals surface area contributed by atoms with Crippen LogP contribution >= 0.6 is 0 Å². The number of hydrogen-bond donors (Lipinski definition) is 3. The summed E-state index contributed by atoms with van der Waals surface area (Å²) >= 11 is 0. The van der Waals surface area contributed by atoms with Crippen LogP contribution in [0.2, 0.25) is 0 Å². The largest absolute Gasteiger partial charge is 0.394 e. The molecule has 0 aromatic heterocycles. The normalized spacial score (nSPS) is 22.3. The molecular formula is C16H33N3O2. The molecule has 124 valence electrons. The highest BCUT2D eigenvalue weighted by Gasteiger charge is 2.27. The average Bonchev–Trinajstić information content (AvgIpc) is 2.83. The van der Waals surface area contributed by atoms with Crippen LogP contribution in [0, 0.1) is 5.92 Å². The third kappa shape index (κ3) is 6.22. The highest BCUT2D eigenvalue weighted by molar-refractivity contribution is 5.74. The number of carbonyl (C=O) groups excluding carboxylic acids is 1. The van der Waals surface area contributed by atoms with Crippen LogP contribution in [0.5, 0.6) is 0 Å². The number of urea groups is 1. The van der Waals surface area contributed by atoms with Crippen LogP contribution < -0.4 is 10.6 Å². The van der Waals surface area contributed by atoms with E-state index in [9.17, 15) is 9.90 Å². The van der Waals surface area contributed by atoms with Crippen LogP contribution in [0.3, 0.4) is 0 Å². The SMILES string of the molecule is CCCC(C)(CO)NC(=O)NC[C@H]1CCCN1CC(C)C. The summed E-state index contributed by atoms with van der Waals surface area (Å²) in [6.07, 6.45) is 4.08. The van der Waals surface area contributed by atoms with Crippen molar-refractivity contribution in [2.75, 3.05) is 26.2 Å². The molecule has 1 rings (SSSR count). The Hall–Kier alpha value is -0.810. The summed E-state index contributed by atoms with van der Waals surface area (Å²) in [5.41, 5.74) is -0.522. The number of rotatable bonds is 8. The fourth-order valence-electron chi connectivity index (χ4n) is 3.10. The number of aliphatic hydroxyl groups is 1. The van der Waals surface area contributed by atoms with E-state index < -0.39 is 5.54 Å². The Bertz CT molecular complexity index is 323. The van der Waals surface area contributed by atoms with Gasteiger partial charge in [-0.05, 0) is 38.6 Å². The van der Waals surface area contributed by atoms with Crippen LogP contribution in [0.15, 0.2) is 0 Å². The summed E-state index contributed by atoms with van der Waals surface area (Å²) in [7, 11) is 0. The molecule has 1 saturated heterocycles. The van der Waals surface area contributed by atoms with Crippen LogP contribution in [-0.4, -0.2) is 53.9 Å². The molecule has 5 heteroatoms. The molecule has 0 spiro atoms. The van der Waals surface area contributed by atoms with Gasteiger partial charge in [0.2, 0.25) is 0 Å². The van der Waals surface area contributed by atoms with Crippen LogP contribution in [-0.2, 0) is 0 Å². The maximum absolute atomic E-state index is 12.0. The van der Waals surface area contributed by atoms with Gasteiger partial charge in [-0.2, -0.15) is 0 Å². The van der Waals surface area contributed by atoms with Crippen molar-refractivity contribution in [2.45, 2.75) is 65.0 Å². The first-order valence-electron chi connectivity index (χ1n) is 8.31. The molecule has 2 atom stereocenters. The van der Waals surface area contributed by atoms with Gasteiger partial charge in [-0.3, -0.25) is 4.90 Å². The van der Waals surface area contributed by atoms with E-state index in [4.69, 9.17) is 0 Å². The standard InChI is InChI=1S/C16H33N3O2/c1-5-8-16(4,12-20)18-15(21)17-10-14-7-6-9-19(14)11-13(2)3/h13-14,20H,5-12H2,1-4H3,(H2,17,18,21)/t14-,16?/m1/s1. The smallest absolute Gasteiger partial charge is 0.315 e. The molecule has 1 heterocycles. The van der Waals surface area contributed by atoms with Gasteiger partial charge < -0.3 is 15.7 Å². The number of nitrogens with one attached hydrogen (secondary N) is 2. The van der Waals surface area contributed by atoms with E-state index >= 15 is 0 Å². The Morgan fingerprint density at radius 1 is 1.48 bits per heavy atom. The van der Waals surface area contributed by atoms with Crippen molar-refractivity contribution in [1.29, 1.82) is 0 Å². The van der Waals surface area contributed by atoms with Gasteiger partial charge >= 0.3 is 6.03 Å².